The van der Waals surface area contributed by atoms with Gasteiger partial charge in [-0.15, -0.1) is 11.8 Å². The molecule has 6 rings (SSSR count). The fourth-order valence-electron chi connectivity index (χ4n) is 8.31. The molecule has 4 saturated carbocycles. The molecule has 5 aliphatic rings. The molecule has 0 saturated heterocycles. The van der Waals surface area contributed by atoms with E-state index in [4.69, 9.17) is 4.99 Å². The maximum Gasteiger partial charge on any atom is 0.0765 e. The van der Waals surface area contributed by atoms with E-state index in [1.165, 1.54) is 23.4 Å². The van der Waals surface area contributed by atoms with Gasteiger partial charge >= 0.3 is 0 Å². The lowest BCUT2D eigenvalue weighted by atomic mass is 9.44. The first-order chi connectivity index (χ1) is 13.9. The molecule has 2 N–H and O–H groups in total. The molecular formula is C25H33NO2S. The topological polar surface area (TPSA) is 52.8 Å². The summed E-state index contributed by atoms with van der Waals surface area (Å²) in [7, 11) is 0. The van der Waals surface area contributed by atoms with Crippen LogP contribution in [0.25, 0.3) is 0 Å². The largest absolute Gasteiger partial charge is 0.393 e. The molecule has 9 unspecified atom stereocenters. The van der Waals surface area contributed by atoms with Crippen molar-refractivity contribution >= 4 is 23.2 Å². The van der Waals surface area contributed by atoms with Gasteiger partial charge in [0, 0.05) is 21.8 Å². The van der Waals surface area contributed by atoms with Crippen LogP contribution < -0.4 is 0 Å². The summed E-state index contributed by atoms with van der Waals surface area (Å²) in [5, 5.41) is 22.0. The molecule has 156 valence electrons. The molecule has 29 heavy (non-hydrogen) atoms. The summed E-state index contributed by atoms with van der Waals surface area (Å²) in [4.78, 5) is 6.52. The normalized spacial score (nSPS) is 50.5. The highest BCUT2D eigenvalue weighted by Crippen LogP contribution is 2.67. The average molecular weight is 412 g/mol. The Morgan fingerprint density at radius 3 is 2.59 bits per heavy atom. The van der Waals surface area contributed by atoms with Crippen LogP contribution in [-0.2, 0) is 0 Å². The predicted molar refractivity (Wildman–Crippen MR) is 118 cm³/mol. The van der Waals surface area contributed by atoms with Gasteiger partial charge in [-0.3, -0.25) is 4.99 Å². The highest BCUT2D eigenvalue weighted by Gasteiger charge is 2.63. The highest BCUT2D eigenvalue weighted by atomic mass is 32.2. The third-order valence-corrected chi connectivity index (χ3v) is 11.3. The third-order valence-electron chi connectivity index (χ3n) is 9.83. The number of hydrogen-bond acceptors (Lipinski definition) is 4. The number of rotatable bonds is 0. The molecule has 4 aliphatic carbocycles. The van der Waals surface area contributed by atoms with Crippen LogP contribution in [0.2, 0.25) is 0 Å². The number of thioether (sulfide) groups is 1. The average Bonchev–Trinajstić information content (AvgIpc) is 2.90. The van der Waals surface area contributed by atoms with E-state index in [0.717, 1.165) is 37.8 Å². The first-order valence-electron chi connectivity index (χ1n) is 11.6. The summed E-state index contributed by atoms with van der Waals surface area (Å²) in [5.74, 6) is 2.33. The first kappa shape index (κ1) is 18.9. The second-order valence-corrected chi connectivity index (χ2v) is 12.2. The molecule has 0 bridgehead atoms. The Morgan fingerprint density at radius 1 is 0.966 bits per heavy atom. The van der Waals surface area contributed by atoms with E-state index in [1.807, 2.05) is 11.8 Å². The lowest BCUT2D eigenvalue weighted by Crippen LogP contribution is -2.60. The van der Waals surface area contributed by atoms with Crippen molar-refractivity contribution in [3.63, 3.8) is 0 Å². The number of hydrogen-bond donors (Lipinski definition) is 2. The van der Waals surface area contributed by atoms with Gasteiger partial charge < -0.3 is 10.2 Å². The van der Waals surface area contributed by atoms with Gasteiger partial charge in [-0.05, 0) is 85.7 Å². The van der Waals surface area contributed by atoms with Crippen LogP contribution in [0.1, 0.15) is 58.8 Å². The third kappa shape index (κ3) is 2.49. The zero-order valence-electron chi connectivity index (χ0n) is 17.6. The summed E-state index contributed by atoms with van der Waals surface area (Å²) < 4.78 is 0. The lowest BCUT2D eigenvalue weighted by Gasteiger charge is -2.62. The number of aliphatic hydroxyl groups excluding tert-OH is 2. The van der Waals surface area contributed by atoms with E-state index in [1.54, 1.807) is 0 Å². The Kier molecular flexibility index (Phi) is 4.13. The summed E-state index contributed by atoms with van der Waals surface area (Å²) in [6.45, 7) is 4.88. The molecule has 0 spiro atoms. The van der Waals surface area contributed by atoms with E-state index >= 15 is 0 Å². The number of fused-ring (bicyclic) bond motifs is 5. The van der Waals surface area contributed by atoms with Crippen molar-refractivity contribution in [2.45, 2.75) is 81.1 Å². The molecule has 1 heterocycles. The quantitative estimate of drug-likeness (QED) is 0.615. The van der Waals surface area contributed by atoms with Gasteiger partial charge in [0.05, 0.1) is 17.9 Å². The van der Waals surface area contributed by atoms with Gasteiger partial charge in [0.2, 0.25) is 0 Å². The van der Waals surface area contributed by atoms with E-state index in [9.17, 15) is 10.2 Å². The van der Waals surface area contributed by atoms with Crippen molar-refractivity contribution in [3.05, 3.63) is 24.3 Å². The van der Waals surface area contributed by atoms with Crippen LogP contribution in [0.15, 0.2) is 34.2 Å². The molecule has 0 amide bonds. The van der Waals surface area contributed by atoms with E-state index in [2.05, 4.69) is 38.1 Å². The smallest absolute Gasteiger partial charge is 0.0765 e. The van der Waals surface area contributed by atoms with Crippen molar-refractivity contribution < 1.29 is 10.2 Å². The fraction of sp³-hybridized carbons (Fsp3) is 0.720. The van der Waals surface area contributed by atoms with Crippen molar-refractivity contribution in [3.8, 4) is 0 Å². The van der Waals surface area contributed by atoms with Crippen molar-refractivity contribution in [2.75, 3.05) is 0 Å². The van der Waals surface area contributed by atoms with Crippen LogP contribution in [0, 0.1) is 34.5 Å². The molecular weight excluding hydrogens is 378 g/mol. The number of benzene rings is 1. The number of aliphatic hydroxyl groups is 2. The maximum absolute atomic E-state index is 11.0. The van der Waals surface area contributed by atoms with Gasteiger partial charge in [-0.25, -0.2) is 0 Å². The van der Waals surface area contributed by atoms with Gasteiger partial charge in [0.25, 0.3) is 0 Å². The SMILES string of the molecule is CC12CCC3C(CC4=Nc5ccccc5SC5C(O)CCC3(C)C45)C1CCC2O. The molecule has 4 fully saturated rings. The second-order valence-electron chi connectivity index (χ2n) is 11.0. The molecule has 0 aromatic heterocycles. The van der Waals surface area contributed by atoms with Gasteiger partial charge in [-0.2, -0.15) is 0 Å². The van der Waals surface area contributed by atoms with Crippen molar-refractivity contribution in [1.29, 1.82) is 0 Å². The standard InChI is InChI=1S/C25H33NO2S/c1-24-11-9-16-14(15(24)7-8-21(24)28)13-18-22-23(19(27)10-12-25(16,22)2)29-20-6-4-3-5-17(20)26-18/h3-6,14-16,19,21-23,27-28H,7-13H2,1-2H3. The number of aliphatic imine (C=N–C) groups is 1. The Balaban J connectivity index is 1.48. The minimum Gasteiger partial charge on any atom is -0.393 e. The summed E-state index contributed by atoms with van der Waals surface area (Å²) in [6.07, 6.45) is 7.24. The molecule has 9 atom stereocenters. The van der Waals surface area contributed by atoms with Crippen molar-refractivity contribution in [1.82, 2.24) is 0 Å². The maximum atomic E-state index is 11.0. The van der Waals surface area contributed by atoms with Gasteiger partial charge in [0.15, 0.2) is 0 Å². The Labute approximate surface area is 178 Å². The Bertz CT molecular complexity index is 870. The van der Waals surface area contributed by atoms with Crippen LogP contribution in [-0.4, -0.2) is 33.4 Å². The van der Waals surface area contributed by atoms with E-state index in [0.29, 0.717) is 23.7 Å². The summed E-state index contributed by atoms with van der Waals surface area (Å²) in [5.41, 5.74) is 2.76. The minimum atomic E-state index is -0.242. The minimum absolute atomic E-state index is 0.0931. The molecule has 0 radical (unpaired) electrons. The van der Waals surface area contributed by atoms with Crippen LogP contribution in [0.3, 0.4) is 0 Å². The fourth-order valence-corrected chi connectivity index (χ4v) is 9.89. The number of para-hydroxylation sites is 1. The molecule has 4 heteroatoms. The molecule has 3 nitrogen and oxygen atoms in total. The van der Waals surface area contributed by atoms with Gasteiger partial charge in [-0.1, -0.05) is 26.0 Å². The second kappa shape index (κ2) is 6.34. The van der Waals surface area contributed by atoms with Crippen LogP contribution >= 0.6 is 11.8 Å². The molecule has 1 aliphatic heterocycles. The number of nitrogens with zero attached hydrogens (tertiary/aromatic N) is 1. The van der Waals surface area contributed by atoms with E-state index in [-0.39, 0.29) is 28.3 Å². The summed E-state index contributed by atoms with van der Waals surface area (Å²) in [6, 6.07) is 8.51. The zero-order valence-corrected chi connectivity index (χ0v) is 18.4. The Hall–Kier alpha value is -0.840. The monoisotopic (exact) mass is 411 g/mol. The molecule has 1 aromatic carbocycles. The lowest BCUT2D eigenvalue weighted by molar-refractivity contribution is -0.0992. The predicted octanol–water partition coefficient (Wildman–Crippen LogP) is 5.22. The van der Waals surface area contributed by atoms with E-state index < -0.39 is 0 Å². The van der Waals surface area contributed by atoms with Crippen molar-refractivity contribution in [2.24, 2.45) is 39.5 Å². The highest BCUT2D eigenvalue weighted by molar-refractivity contribution is 8.00. The first-order valence-corrected chi connectivity index (χ1v) is 12.5. The molecule has 1 aromatic rings. The Morgan fingerprint density at radius 2 is 1.72 bits per heavy atom. The van der Waals surface area contributed by atoms with Crippen LogP contribution in [0.5, 0.6) is 0 Å². The zero-order chi connectivity index (χ0) is 20.0. The summed E-state index contributed by atoms with van der Waals surface area (Å²) >= 11 is 1.88. The van der Waals surface area contributed by atoms with Crippen LogP contribution in [0.4, 0.5) is 5.69 Å². The van der Waals surface area contributed by atoms with Gasteiger partial charge in [0.1, 0.15) is 0 Å².